The lowest BCUT2D eigenvalue weighted by Gasteiger charge is -2.27. The van der Waals surface area contributed by atoms with Gasteiger partial charge >= 0.3 is 6.18 Å². The van der Waals surface area contributed by atoms with Crippen molar-refractivity contribution >= 4 is 56.6 Å². The number of nitrogens with zero attached hydrogens (tertiary/aromatic N) is 3. The van der Waals surface area contributed by atoms with E-state index in [0.717, 1.165) is 36.5 Å². The Morgan fingerprint density at radius 1 is 1.18 bits per heavy atom. The van der Waals surface area contributed by atoms with Crippen LogP contribution in [0.2, 0.25) is 5.02 Å². The van der Waals surface area contributed by atoms with Crippen molar-refractivity contribution in [2.75, 3.05) is 44.3 Å². The average Bonchev–Trinajstić information content (AvgIpc) is 3.22. The number of fused-ring (bicyclic) bond motifs is 1. The number of morpholine rings is 1. The van der Waals surface area contributed by atoms with Crippen molar-refractivity contribution in [2.24, 2.45) is 0 Å². The number of amides is 1. The monoisotopic (exact) mass is 519 g/mol. The number of ether oxygens (including phenoxy) is 1. The van der Waals surface area contributed by atoms with Gasteiger partial charge in [0, 0.05) is 31.7 Å². The minimum atomic E-state index is -4.53. The van der Waals surface area contributed by atoms with Crippen molar-refractivity contribution in [2.45, 2.75) is 12.6 Å². The van der Waals surface area contributed by atoms with Gasteiger partial charge < -0.3 is 4.74 Å². The second-order valence-corrected chi connectivity index (χ2v) is 8.84. The highest BCUT2D eigenvalue weighted by Crippen LogP contribution is 2.34. The van der Waals surface area contributed by atoms with Crippen LogP contribution in [-0.2, 0) is 10.9 Å². The number of aromatic nitrogens is 1. The molecule has 33 heavy (non-hydrogen) atoms. The third-order valence-electron chi connectivity index (χ3n) is 5.23. The summed E-state index contributed by atoms with van der Waals surface area (Å²) in [5, 5.41) is 0.877. The number of halogens is 5. The fourth-order valence-corrected chi connectivity index (χ4v) is 4.85. The Morgan fingerprint density at radius 2 is 1.91 bits per heavy atom. The second-order valence-electron chi connectivity index (χ2n) is 7.43. The zero-order valence-electron chi connectivity index (χ0n) is 17.5. The van der Waals surface area contributed by atoms with Gasteiger partial charge in [-0.3, -0.25) is 14.6 Å². The van der Waals surface area contributed by atoms with E-state index in [0.29, 0.717) is 41.9 Å². The van der Waals surface area contributed by atoms with E-state index in [4.69, 9.17) is 16.3 Å². The molecule has 0 radical (unpaired) electrons. The predicted molar refractivity (Wildman–Crippen MR) is 127 cm³/mol. The summed E-state index contributed by atoms with van der Waals surface area (Å²) in [5.74, 6) is -0.520. The number of hydrogen-bond donors (Lipinski definition) is 0. The van der Waals surface area contributed by atoms with Gasteiger partial charge in [0.25, 0.3) is 5.91 Å². The molecule has 11 heteroatoms. The van der Waals surface area contributed by atoms with Gasteiger partial charge in [-0.05, 0) is 36.8 Å². The lowest BCUT2D eigenvalue weighted by atomic mass is 10.1. The van der Waals surface area contributed by atoms with Gasteiger partial charge in [0.05, 0.1) is 28.5 Å². The second kappa shape index (κ2) is 11.0. The summed E-state index contributed by atoms with van der Waals surface area (Å²) in [6.07, 6.45) is -3.88. The number of anilines is 1. The van der Waals surface area contributed by atoms with Crippen LogP contribution in [0.4, 0.5) is 18.3 Å². The molecule has 0 spiro atoms. The molecule has 1 aromatic heterocycles. The van der Waals surface area contributed by atoms with Crippen molar-refractivity contribution in [3.63, 3.8) is 0 Å². The first-order valence-electron chi connectivity index (χ1n) is 10.2. The topological polar surface area (TPSA) is 45.7 Å². The van der Waals surface area contributed by atoms with Gasteiger partial charge in [0.1, 0.15) is 5.52 Å². The van der Waals surface area contributed by atoms with Gasteiger partial charge in [-0.15, -0.1) is 12.4 Å². The van der Waals surface area contributed by atoms with Gasteiger partial charge in [0.2, 0.25) is 0 Å². The molecule has 2 aromatic carbocycles. The van der Waals surface area contributed by atoms with Crippen LogP contribution in [0.1, 0.15) is 22.3 Å². The Bertz CT molecular complexity index is 1100. The van der Waals surface area contributed by atoms with Crippen LogP contribution in [0.25, 0.3) is 10.2 Å². The lowest BCUT2D eigenvalue weighted by Crippen LogP contribution is -2.39. The third-order valence-corrected chi connectivity index (χ3v) is 6.58. The van der Waals surface area contributed by atoms with Crippen LogP contribution in [-0.4, -0.2) is 55.2 Å². The number of alkyl halides is 3. The maximum Gasteiger partial charge on any atom is 0.416 e. The number of benzene rings is 2. The summed E-state index contributed by atoms with van der Waals surface area (Å²) >= 11 is 7.54. The molecule has 2 heterocycles. The van der Waals surface area contributed by atoms with E-state index in [1.807, 2.05) is 6.07 Å². The number of carbonyl (C=O) groups excluding carboxylic acids is 1. The van der Waals surface area contributed by atoms with E-state index in [2.05, 4.69) is 9.88 Å². The molecule has 0 aliphatic carbocycles. The molecule has 1 aliphatic rings. The van der Waals surface area contributed by atoms with Crippen LogP contribution >= 0.6 is 35.3 Å². The normalized spacial score (nSPS) is 14.8. The number of rotatable bonds is 6. The molecule has 0 unspecified atom stereocenters. The molecule has 1 amide bonds. The number of hydrogen-bond acceptors (Lipinski definition) is 5. The Hall–Kier alpha value is -1.91. The summed E-state index contributed by atoms with van der Waals surface area (Å²) in [5.41, 5.74) is -0.315. The summed E-state index contributed by atoms with van der Waals surface area (Å²) in [6, 6.07) is 9.84. The Labute approximate surface area is 204 Å². The highest BCUT2D eigenvalue weighted by Gasteiger charge is 2.32. The highest BCUT2D eigenvalue weighted by atomic mass is 35.5. The fourth-order valence-electron chi connectivity index (χ4n) is 3.56. The Balaban J connectivity index is 0.00000306. The van der Waals surface area contributed by atoms with Crippen LogP contribution in [0, 0.1) is 0 Å². The van der Waals surface area contributed by atoms with E-state index < -0.39 is 17.6 Å². The maximum atomic E-state index is 13.3. The van der Waals surface area contributed by atoms with Crippen molar-refractivity contribution in [3.05, 3.63) is 58.6 Å². The Morgan fingerprint density at radius 3 is 2.61 bits per heavy atom. The molecular formula is C22H22Cl2F3N3O2S. The van der Waals surface area contributed by atoms with Gasteiger partial charge in [-0.1, -0.05) is 35.1 Å². The van der Waals surface area contributed by atoms with E-state index in [-0.39, 0.29) is 18.0 Å². The van der Waals surface area contributed by atoms with Crippen molar-refractivity contribution in [1.82, 2.24) is 9.88 Å². The number of thiazole rings is 1. The summed E-state index contributed by atoms with van der Waals surface area (Å²) in [4.78, 5) is 21.6. The van der Waals surface area contributed by atoms with Gasteiger partial charge in [-0.25, -0.2) is 4.98 Å². The maximum absolute atomic E-state index is 13.3. The largest absolute Gasteiger partial charge is 0.416 e. The lowest BCUT2D eigenvalue weighted by molar-refractivity contribution is -0.137. The van der Waals surface area contributed by atoms with Crippen LogP contribution in [0.3, 0.4) is 0 Å². The molecule has 0 N–H and O–H groups in total. The average molecular weight is 520 g/mol. The standard InChI is InChI=1S/C22H21ClF3N3O2S.ClH/c23-17-6-2-7-18-19(17)27-21(32-18)29(9-3-8-28-10-12-31-13-11-28)20(30)15-4-1-5-16(14-15)22(24,25)26;/h1-2,4-7,14H,3,8-13H2;1H. The first-order valence-corrected chi connectivity index (χ1v) is 11.4. The zero-order valence-corrected chi connectivity index (χ0v) is 19.9. The smallest absolute Gasteiger partial charge is 0.379 e. The number of carbonyl (C=O) groups is 1. The van der Waals surface area contributed by atoms with Crippen molar-refractivity contribution < 1.29 is 22.7 Å². The molecule has 5 nitrogen and oxygen atoms in total. The van der Waals surface area contributed by atoms with E-state index in [9.17, 15) is 18.0 Å². The third kappa shape index (κ3) is 6.16. The van der Waals surface area contributed by atoms with E-state index in [1.165, 1.54) is 28.4 Å². The van der Waals surface area contributed by atoms with E-state index in [1.54, 1.807) is 12.1 Å². The predicted octanol–water partition coefficient (Wildman–Crippen LogP) is 5.76. The molecular weight excluding hydrogens is 498 g/mol. The van der Waals surface area contributed by atoms with Gasteiger partial charge in [0.15, 0.2) is 5.13 Å². The minimum absolute atomic E-state index is 0. The fraction of sp³-hybridized carbons (Fsp3) is 0.364. The van der Waals surface area contributed by atoms with Crippen LogP contribution in [0.5, 0.6) is 0 Å². The molecule has 3 aromatic rings. The molecule has 4 rings (SSSR count). The first kappa shape index (κ1) is 25.7. The van der Waals surface area contributed by atoms with Crippen LogP contribution in [0.15, 0.2) is 42.5 Å². The molecule has 0 saturated carbocycles. The minimum Gasteiger partial charge on any atom is -0.379 e. The SMILES string of the molecule is Cl.O=C(c1cccc(C(F)(F)F)c1)N(CCCN1CCOCC1)c1nc2c(Cl)cccc2s1. The van der Waals surface area contributed by atoms with Gasteiger partial charge in [-0.2, -0.15) is 13.2 Å². The first-order chi connectivity index (χ1) is 15.3. The molecule has 1 aliphatic heterocycles. The Kier molecular flexibility index (Phi) is 8.58. The summed E-state index contributed by atoms with van der Waals surface area (Å²) < 4.78 is 45.7. The summed E-state index contributed by atoms with van der Waals surface area (Å²) in [7, 11) is 0. The molecule has 1 saturated heterocycles. The highest BCUT2D eigenvalue weighted by molar-refractivity contribution is 7.22. The number of para-hydroxylation sites is 1. The van der Waals surface area contributed by atoms with Crippen molar-refractivity contribution in [1.29, 1.82) is 0 Å². The molecule has 178 valence electrons. The summed E-state index contributed by atoms with van der Waals surface area (Å²) in [6.45, 7) is 4.05. The van der Waals surface area contributed by atoms with Crippen LogP contribution < -0.4 is 4.90 Å². The van der Waals surface area contributed by atoms with Crippen molar-refractivity contribution in [3.8, 4) is 0 Å². The molecule has 0 bridgehead atoms. The molecule has 0 atom stereocenters. The van der Waals surface area contributed by atoms with E-state index >= 15 is 0 Å². The molecule has 1 fully saturated rings. The quantitative estimate of drug-likeness (QED) is 0.415. The zero-order chi connectivity index (χ0) is 22.7.